The Morgan fingerprint density at radius 1 is 1.00 bits per heavy atom. The summed E-state index contributed by atoms with van der Waals surface area (Å²) in [5, 5.41) is 0. The van der Waals surface area contributed by atoms with Gasteiger partial charge in [0, 0.05) is 18.8 Å². The minimum Gasteiger partial charge on any atom is -0.399 e. The summed E-state index contributed by atoms with van der Waals surface area (Å²) >= 11 is 0. The first-order valence-electron chi connectivity index (χ1n) is 7.88. The number of unbranched alkanes of at least 4 members (excludes halogenated alkanes) is 4. The summed E-state index contributed by atoms with van der Waals surface area (Å²) < 4.78 is 27.1. The summed E-state index contributed by atoms with van der Waals surface area (Å²) in [6.07, 6.45) is 6.09. The van der Waals surface area contributed by atoms with Crippen LogP contribution in [-0.2, 0) is 10.0 Å². The van der Waals surface area contributed by atoms with Crippen LogP contribution < -0.4 is 5.73 Å². The van der Waals surface area contributed by atoms with Crippen molar-refractivity contribution in [2.45, 2.75) is 57.3 Å². The van der Waals surface area contributed by atoms with Crippen molar-refractivity contribution in [3.8, 4) is 0 Å². The maximum atomic E-state index is 12.7. The first kappa shape index (κ1) is 18.0. The molecule has 4 nitrogen and oxygen atoms in total. The molecule has 0 aliphatic rings. The van der Waals surface area contributed by atoms with Crippen molar-refractivity contribution in [1.82, 2.24) is 4.31 Å². The second-order valence-corrected chi connectivity index (χ2v) is 7.33. The summed E-state index contributed by atoms with van der Waals surface area (Å²) in [5.41, 5.74) is 6.20. The minimum atomic E-state index is -3.43. The van der Waals surface area contributed by atoms with Crippen molar-refractivity contribution in [1.29, 1.82) is 0 Å². The molecule has 1 rings (SSSR count). The number of sulfonamides is 1. The van der Waals surface area contributed by atoms with Crippen LogP contribution in [0.15, 0.2) is 29.2 Å². The van der Waals surface area contributed by atoms with E-state index in [1.807, 2.05) is 0 Å². The molecule has 0 saturated carbocycles. The fraction of sp³-hybridized carbons (Fsp3) is 0.625. The predicted molar refractivity (Wildman–Crippen MR) is 88.7 cm³/mol. The Hall–Kier alpha value is -1.07. The zero-order valence-corrected chi connectivity index (χ0v) is 14.0. The highest BCUT2D eigenvalue weighted by Crippen LogP contribution is 2.19. The van der Waals surface area contributed by atoms with Crippen LogP contribution in [0.25, 0.3) is 0 Å². The van der Waals surface area contributed by atoms with E-state index >= 15 is 0 Å². The molecule has 120 valence electrons. The van der Waals surface area contributed by atoms with Gasteiger partial charge in [-0.25, -0.2) is 8.42 Å². The average molecular weight is 312 g/mol. The number of nitrogens with zero attached hydrogens (tertiary/aromatic N) is 1. The van der Waals surface area contributed by atoms with Gasteiger partial charge in [-0.15, -0.1) is 0 Å². The van der Waals surface area contributed by atoms with E-state index in [1.165, 1.54) is 0 Å². The van der Waals surface area contributed by atoms with Crippen LogP contribution >= 0.6 is 0 Å². The lowest BCUT2D eigenvalue weighted by Gasteiger charge is -2.22. The molecule has 0 fully saturated rings. The molecule has 2 N–H and O–H groups in total. The van der Waals surface area contributed by atoms with Gasteiger partial charge in [0.1, 0.15) is 0 Å². The van der Waals surface area contributed by atoms with Crippen LogP contribution in [0.4, 0.5) is 5.69 Å². The molecular formula is C16H28N2O2S. The second kappa shape index (κ2) is 9.05. The monoisotopic (exact) mass is 312 g/mol. The van der Waals surface area contributed by atoms with Crippen molar-refractivity contribution in [2.75, 3.05) is 18.8 Å². The van der Waals surface area contributed by atoms with Crippen LogP contribution in [0.1, 0.15) is 52.4 Å². The van der Waals surface area contributed by atoms with Crippen LogP contribution in [0.3, 0.4) is 0 Å². The van der Waals surface area contributed by atoms with Crippen molar-refractivity contribution < 1.29 is 8.42 Å². The van der Waals surface area contributed by atoms with Crippen LogP contribution in [0, 0.1) is 0 Å². The molecule has 1 aromatic carbocycles. The first-order chi connectivity index (χ1) is 10.0. The number of nitrogen functional groups attached to an aromatic ring is 1. The van der Waals surface area contributed by atoms with Gasteiger partial charge in [0.05, 0.1) is 4.90 Å². The van der Waals surface area contributed by atoms with Crippen LogP contribution in [-0.4, -0.2) is 25.8 Å². The van der Waals surface area contributed by atoms with E-state index in [0.717, 1.165) is 38.5 Å². The standard InChI is InChI=1S/C16H28N2O2S/c1-3-5-7-12-18(13-8-6-4-2)21(19,20)16-11-9-10-15(17)14-16/h9-11,14H,3-8,12-13,17H2,1-2H3. The Morgan fingerprint density at radius 3 is 2.05 bits per heavy atom. The number of hydrogen-bond acceptors (Lipinski definition) is 3. The molecule has 5 heteroatoms. The Morgan fingerprint density at radius 2 is 1.57 bits per heavy atom. The molecule has 0 atom stereocenters. The Bertz CT molecular complexity index is 505. The van der Waals surface area contributed by atoms with Crippen molar-refractivity contribution in [3.05, 3.63) is 24.3 Å². The van der Waals surface area contributed by atoms with Crippen molar-refractivity contribution in [3.63, 3.8) is 0 Å². The highest BCUT2D eigenvalue weighted by molar-refractivity contribution is 7.89. The lowest BCUT2D eigenvalue weighted by atomic mass is 10.2. The highest BCUT2D eigenvalue weighted by Gasteiger charge is 2.23. The maximum absolute atomic E-state index is 12.7. The summed E-state index contributed by atoms with van der Waals surface area (Å²) in [5.74, 6) is 0. The fourth-order valence-electron chi connectivity index (χ4n) is 2.25. The van der Waals surface area contributed by atoms with E-state index in [9.17, 15) is 8.42 Å². The van der Waals surface area contributed by atoms with E-state index in [2.05, 4.69) is 13.8 Å². The molecule has 0 amide bonds. The van der Waals surface area contributed by atoms with Crippen molar-refractivity contribution >= 4 is 15.7 Å². The zero-order valence-electron chi connectivity index (χ0n) is 13.2. The number of rotatable bonds is 10. The quantitative estimate of drug-likeness (QED) is 0.530. The van der Waals surface area contributed by atoms with E-state index in [0.29, 0.717) is 23.7 Å². The van der Waals surface area contributed by atoms with Gasteiger partial charge < -0.3 is 5.73 Å². The van der Waals surface area contributed by atoms with Gasteiger partial charge in [0.2, 0.25) is 10.0 Å². The first-order valence-corrected chi connectivity index (χ1v) is 9.32. The third kappa shape index (κ3) is 5.67. The fourth-order valence-corrected chi connectivity index (χ4v) is 3.83. The predicted octanol–water partition coefficient (Wildman–Crippen LogP) is 3.64. The van der Waals surface area contributed by atoms with E-state index in [4.69, 9.17) is 5.73 Å². The van der Waals surface area contributed by atoms with E-state index in [1.54, 1.807) is 28.6 Å². The Balaban J connectivity index is 2.87. The molecule has 0 aliphatic heterocycles. The number of benzene rings is 1. The lowest BCUT2D eigenvalue weighted by molar-refractivity contribution is 0.388. The van der Waals surface area contributed by atoms with Gasteiger partial charge >= 0.3 is 0 Å². The summed E-state index contributed by atoms with van der Waals surface area (Å²) in [6, 6.07) is 6.57. The van der Waals surface area contributed by atoms with Gasteiger partial charge in [-0.05, 0) is 31.0 Å². The number of anilines is 1. The molecule has 0 aliphatic carbocycles. The SMILES string of the molecule is CCCCCN(CCCCC)S(=O)(=O)c1cccc(N)c1. The maximum Gasteiger partial charge on any atom is 0.243 e. The van der Waals surface area contributed by atoms with Crippen LogP contribution in [0.5, 0.6) is 0 Å². The average Bonchev–Trinajstić information content (AvgIpc) is 2.46. The molecule has 0 spiro atoms. The van der Waals surface area contributed by atoms with E-state index in [-0.39, 0.29) is 0 Å². The normalized spacial score (nSPS) is 12.0. The molecule has 0 aromatic heterocycles. The largest absolute Gasteiger partial charge is 0.399 e. The van der Waals surface area contributed by atoms with Gasteiger partial charge in [-0.2, -0.15) is 4.31 Å². The van der Waals surface area contributed by atoms with Gasteiger partial charge in [0.15, 0.2) is 0 Å². The molecule has 21 heavy (non-hydrogen) atoms. The highest BCUT2D eigenvalue weighted by atomic mass is 32.2. The molecule has 0 heterocycles. The van der Waals surface area contributed by atoms with Gasteiger partial charge in [-0.1, -0.05) is 45.6 Å². The lowest BCUT2D eigenvalue weighted by Crippen LogP contribution is -2.33. The molecule has 0 bridgehead atoms. The smallest absolute Gasteiger partial charge is 0.243 e. The summed E-state index contributed by atoms with van der Waals surface area (Å²) in [7, 11) is -3.43. The number of nitrogens with two attached hydrogens (primary N) is 1. The summed E-state index contributed by atoms with van der Waals surface area (Å²) in [4.78, 5) is 0.301. The molecular weight excluding hydrogens is 284 g/mol. The van der Waals surface area contributed by atoms with E-state index < -0.39 is 10.0 Å². The molecule has 1 aromatic rings. The Labute approximate surface area is 129 Å². The molecule has 0 saturated heterocycles. The van der Waals surface area contributed by atoms with Gasteiger partial charge in [0.25, 0.3) is 0 Å². The molecule has 0 radical (unpaired) electrons. The van der Waals surface area contributed by atoms with Crippen LogP contribution in [0.2, 0.25) is 0 Å². The third-order valence-corrected chi connectivity index (χ3v) is 5.41. The third-order valence-electron chi connectivity index (χ3n) is 3.52. The minimum absolute atomic E-state index is 0.301. The Kier molecular flexibility index (Phi) is 7.75. The van der Waals surface area contributed by atoms with Gasteiger partial charge in [-0.3, -0.25) is 0 Å². The summed E-state index contributed by atoms with van der Waals surface area (Å²) in [6.45, 7) is 5.42. The number of hydrogen-bond donors (Lipinski definition) is 1. The zero-order chi connectivity index (χ0) is 15.7. The topological polar surface area (TPSA) is 63.4 Å². The second-order valence-electron chi connectivity index (χ2n) is 5.39. The molecule has 0 unspecified atom stereocenters. The van der Waals surface area contributed by atoms with Crippen molar-refractivity contribution in [2.24, 2.45) is 0 Å².